The van der Waals surface area contributed by atoms with Crippen LogP contribution in [-0.2, 0) is 0 Å². The van der Waals surface area contributed by atoms with Crippen LogP contribution in [0.2, 0.25) is 5.15 Å². The Morgan fingerprint density at radius 3 is 2.91 bits per heavy atom. The Morgan fingerprint density at radius 1 is 1.35 bits per heavy atom. The van der Waals surface area contributed by atoms with Gasteiger partial charge in [0.2, 0.25) is 4.77 Å². The molecule has 6 nitrogen and oxygen atoms in total. The van der Waals surface area contributed by atoms with Gasteiger partial charge in [-0.3, -0.25) is 9.89 Å². The average Bonchev–Trinajstić information content (AvgIpc) is 2.51. The molecular formula is C15H12ClN5OS. The number of H-pyrrole nitrogens is 1. The molecule has 8 heteroatoms. The van der Waals surface area contributed by atoms with Crippen LogP contribution in [0.25, 0.3) is 10.9 Å². The summed E-state index contributed by atoms with van der Waals surface area (Å²) in [5.41, 5.74) is 2.40. The summed E-state index contributed by atoms with van der Waals surface area (Å²) < 4.78 is 1.17. The number of aromatic amines is 1. The van der Waals surface area contributed by atoms with Crippen molar-refractivity contribution < 1.29 is 0 Å². The molecule has 0 fully saturated rings. The third-order valence-corrected chi connectivity index (χ3v) is 3.85. The number of nitrogens with one attached hydrogen (secondary N) is 1. The van der Waals surface area contributed by atoms with Crippen LogP contribution in [0.1, 0.15) is 16.8 Å². The van der Waals surface area contributed by atoms with Crippen molar-refractivity contribution >= 4 is 40.9 Å². The van der Waals surface area contributed by atoms with Crippen molar-refractivity contribution in [2.45, 2.75) is 13.8 Å². The van der Waals surface area contributed by atoms with Gasteiger partial charge in [0.1, 0.15) is 10.8 Å². The molecule has 3 rings (SSSR count). The lowest BCUT2D eigenvalue weighted by molar-refractivity contribution is 0.720. The Balaban J connectivity index is 2.10. The van der Waals surface area contributed by atoms with Crippen molar-refractivity contribution in [1.82, 2.24) is 19.9 Å². The zero-order valence-electron chi connectivity index (χ0n) is 12.4. The minimum Gasteiger partial charge on any atom is -0.265 e. The molecule has 3 aromatic rings. The fourth-order valence-electron chi connectivity index (χ4n) is 2.06. The highest BCUT2D eigenvalue weighted by Gasteiger charge is 2.05. The smallest absolute Gasteiger partial charge is 0.265 e. The van der Waals surface area contributed by atoms with Gasteiger partial charge >= 0.3 is 0 Å². The number of benzene rings is 1. The van der Waals surface area contributed by atoms with Crippen LogP contribution in [0.15, 0.2) is 34.2 Å². The number of fused-ring (bicyclic) bond motifs is 1. The molecule has 116 valence electrons. The van der Waals surface area contributed by atoms with E-state index in [0.29, 0.717) is 10.7 Å². The second kappa shape index (κ2) is 6.02. The van der Waals surface area contributed by atoms with Crippen molar-refractivity contribution in [3.8, 4) is 0 Å². The molecule has 0 saturated carbocycles. The molecule has 0 aliphatic heterocycles. The van der Waals surface area contributed by atoms with Gasteiger partial charge in [-0.15, -0.1) is 0 Å². The Kier molecular flexibility index (Phi) is 4.06. The Morgan fingerprint density at radius 2 is 2.13 bits per heavy atom. The second-order valence-electron chi connectivity index (χ2n) is 5.04. The number of hydrogen-bond donors (Lipinski definition) is 1. The largest absolute Gasteiger partial charge is 0.296 e. The average molecular weight is 346 g/mol. The van der Waals surface area contributed by atoms with Gasteiger partial charge in [-0.05, 0) is 43.8 Å². The summed E-state index contributed by atoms with van der Waals surface area (Å²) in [5.74, 6) is 0. The Labute approximate surface area is 141 Å². The van der Waals surface area contributed by atoms with Gasteiger partial charge in [-0.1, -0.05) is 23.7 Å². The first kappa shape index (κ1) is 15.5. The lowest BCUT2D eigenvalue weighted by Crippen LogP contribution is -2.22. The van der Waals surface area contributed by atoms with Crippen LogP contribution in [0.3, 0.4) is 0 Å². The fourth-order valence-corrected chi connectivity index (χ4v) is 2.43. The molecule has 23 heavy (non-hydrogen) atoms. The lowest BCUT2D eigenvalue weighted by Gasteiger charge is -2.03. The first-order valence-electron chi connectivity index (χ1n) is 6.75. The van der Waals surface area contributed by atoms with Gasteiger partial charge in [-0.2, -0.15) is 14.9 Å². The van der Waals surface area contributed by atoms with Crippen LogP contribution >= 0.6 is 23.8 Å². The van der Waals surface area contributed by atoms with E-state index in [1.165, 1.54) is 6.21 Å². The zero-order valence-corrected chi connectivity index (χ0v) is 13.9. The molecule has 0 aliphatic carbocycles. The summed E-state index contributed by atoms with van der Waals surface area (Å²) in [4.78, 5) is 16.3. The predicted octanol–water partition coefficient (Wildman–Crippen LogP) is 3.00. The summed E-state index contributed by atoms with van der Waals surface area (Å²) in [5, 5.41) is 11.7. The number of halogens is 1. The number of aromatic nitrogens is 4. The van der Waals surface area contributed by atoms with Gasteiger partial charge in [0, 0.05) is 10.9 Å². The topological polar surface area (TPSA) is 75.9 Å². The van der Waals surface area contributed by atoms with E-state index in [1.54, 1.807) is 6.92 Å². The number of nitrogens with zero attached hydrogens (tertiary/aromatic N) is 4. The molecule has 0 spiro atoms. The third kappa shape index (κ3) is 3.06. The van der Waals surface area contributed by atoms with Crippen LogP contribution < -0.4 is 5.56 Å². The molecule has 1 aromatic carbocycles. The van der Waals surface area contributed by atoms with Crippen molar-refractivity contribution in [2.75, 3.05) is 0 Å². The van der Waals surface area contributed by atoms with E-state index in [2.05, 4.69) is 20.3 Å². The fraction of sp³-hybridized carbons (Fsp3) is 0.133. The zero-order chi connectivity index (χ0) is 16.6. The number of aryl methyl sites for hydroxylation is 2. The van der Waals surface area contributed by atoms with Crippen LogP contribution in [0, 0.1) is 18.6 Å². The van der Waals surface area contributed by atoms with Gasteiger partial charge in [0.05, 0.1) is 11.7 Å². The molecular weight excluding hydrogens is 334 g/mol. The molecule has 0 amide bonds. The van der Waals surface area contributed by atoms with Gasteiger partial charge in [0.25, 0.3) is 5.56 Å². The van der Waals surface area contributed by atoms with E-state index < -0.39 is 0 Å². The highest BCUT2D eigenvalue weighted by atomic mass is 35.5. The first-order chi connectivity index (χ1) is 11.0. The van der Waals surface area contributed by atoms with E-state index in [4.69, 9.17) is 23.8 Å². The van der Waals surface area contributed by atoms with Crippen molar-refractivity contribution in [3.05, 3.63) is 61.4 Å². The lowest BCUT2D eigenvalue weighted by atomic mass is 10.1. The molecule has 0 saturated heterocycles. The van der Waals surface area contributed by atoms with E-state index >= 15 is 0 Å². The van der Waals surface area contributed by atoms with E-state index in [1.807, 2.05) is 31.2 Å². The molecule has 2 aromatic heterocycles. The van der Waals surface area contributed by atoms with E-state index in [-0.39, 0.29) is 16.0 Å². The number of rotatable bonds is 2. The standard InChI is InChI=1S/C15H12ClN5OS/c1-8-3-4-10-6-11(13(16)18-12(10)5-8)7-17-21-14(22)9(2)19-20-15(21)23/h3-7H,1-2H3,(H,20,23)/b17-7-. The highest BCUT2D eigenvalue weighted by Crippen LogP contribution is 2.20. The van der Waals surface area contributed by atoms with E-state index in [0.717, 1.165) is 21.1 Å². The summed E-state index contributed by atoms with van der Waals surface area (Å²) in [6.07, 6.45) is 1.46. The van der Waals surface area contributed by atoms with Crippen LogP contribution in [0.5, 0.6) is 0 Å². The Hall–Kier alpha value is -2.38. The molecule has 0 aliphatic rings. The number of pyridine rings is 1. The predicted molar refractivity (Wildman–Crippen MR) is 92.9 cm³/mol. The van der Waals surface area contributed by atoms with Crippen LogP contribution in [0.4, 0.5) is 0 Å². The normalized spacial score (nSPS) is 11.4. The maximum absolute atomic E-state index is 12.0. The van der Waals surface area contributed by atoms with Gasteiger partial charge in [0.15, 0.2) is 0 Å². The molecule has 0 atom stereocenters. The first-order valence-corrected chi connectivity index (χ1v) is 7.54. The Bertz CT molecular complexity index is 1050. The summed E-state index contributed by atoms with van der Waals surface area (Å²) in [6, 6.07) is 7.76. The molecule has 2 heterocycles. The summed E-state index contributed by atoms with van der Waals surface area (Å²) >= 11 is 11.2. The number of hydrogen-bond acceptors (Lipinski definition) is 5. The minimum absolute atomic E-state index is 0.109. The van der Waals surface area contributed by atoms with Gasteiger partial charge < -0.3 is 0 Å². The van der Waals surface area contributed by atoms with Crippen molar-refractivity contribution in [1.29, 1.82) is 0 Å². The molecule has 0 unspecified atom stereocenters. The third-order valence-electron chi connectivity index (χ3n) is 3.28. The maximum atomic E-state index is 12.0. The van der Waals surface area contributed by atoms with Crippen molar-refractivity contribution in [2.24, 2.45) is 5.10 Å². The molecule has 0 radical (unpaired) electrons. The van der Waals surface area contributed by atoms with Crippen molar-refractivity contribution in [3.63, 3.8) is 0 Å². The van der Waals surface area contributed by atoms with Crippen LogP contribution in [-0.4, -0.2) is 26.1 Å². The molecule has 1 N–H and O–H groups in total. The summed E-state index contributed by atoms with van der Waals surface area (Å²) in [6.45, 7) is 3.57. The van der Waals surface area contributed by atoms with Gasteiger partial charge in [-0.25, -0.2) is 4.98 Å². The highest BCUT2D eigenvalue weighted by molar-refractivity contribution is 7.71. The second-order valence-corrected chi connectivity index (χ2v) is 5.78. The SMILES string of the molecule is Cc1ccc2cc(/C=N\n3c(=S)[nH]nc(C)c3=O)c(Cl)nc2c1. The minimum atomic E-state index is -0.384. The summed E-state index contributed by atoms with van der Waals surface area (Å²) in [7, 11) is 0. The quantitative estimate of drug-likeness (QED) is 0.440. The maximum Gasteiger partial charge on any atom is 0.296 e. The molecule has 0 bridgehead atoms. The monoisotopic (exact) mass is 345 g/mol. The van der Waals surface area contributed by atoms with E-state index in [9.17, 15) is 4.79 Å².